The second kappa shape index (κ2) is 4.56. The van der Waals surface area contributed by atoms with Crippen LogP contribution in [-0.2, 0) is 0 Å². The lowest BCUT2D eigenvalue weighted by Crippen LogP contribution is -2.18. The molecule has 0 aliphatic heterocycles. The van der Waals surface area contributed by atoms with E-state index in [1.54, 1.807) is 7.11 Å². The first-order valence-electron chi connectivity index (χ1n) is 5.38. The van der Waals surface area contributed by atoms with E-state index in [0.29, 0.717) is 0 Å². The number of benzene rings is 1. The molecule has 0 saturated carbocycles. The van der Waals surface area contributed by atoms with Gasteiger partial charge in [0.1, 0.15) is 5.75 Å². The van der Waals surface area contributed by atoms with Gasteiger partial charge in [0.05, 0.1) is 7.11 Å². The van der Waals surface area contributed by atoms with E-state index in [9.17, 15) is 0 Å². The highest BCUT2D eigenvalue weighted by Crippen LogP contribution is 2.32. The molecule has 0 radical (unpaired) electrons. The van der Waals surface area contributed by atoms with Crippen molar-refractivity contribution in [2.24, 2.45) is 0 Å². The Morgan fingerprint density at radius 1 is 1.20 bits per heavy atom. The molecule has 15 heavy (non-hydrogen) atoms. The van der Waals surface area contributed by atoms with E-state index in [4.69, 9.17) is 4.74 Å². The van der Waals surface area contributed by atoms with E-state index in [2.05, 4.69) is 45.7 Å². The third-order valence-electron chi connectivity index (χ3n) is 3.08. The van der Waals surface area contributed by atoms with Gasteiger partial charge in [-0.15, -0.1) is 0 Å². The fraction of sp³-hybridized carbons (Fsp3) is 0.538. The molecule has 0 unspecified atom stereocenters. The molecule has 0 aliphatic carbocycles. The first-order valence-corrected chi connectivity index (χ1v) is 5.38. The van der Waals surface area contributed by atoms with Gasteiger partial charge in [0.2, 0.25) is 0 Å². The zero-order valence-corrected chi connectivity index (χ0v) is 10.6. The van der Waals surface area contributed by atoms with Crippen LogP contribution in [0.3, 0.4) is 0 Å². The number of rotatable bonds is 3. The molecule has 0 amide bonds. The smallest absolute Gasteiger partial charge is 0.122 e. The Kier molecular flexibility index (Phi) is 3.61. The minimum Gasteiger partial charge on any atom is -0.496 e. The molecule has 0 aromatic heterocycles. The lowest BCUT2D eigenvalue weighted by atomic mass is 10.0. The normalized spacial score (nSPS) is 10.3. The van der Waals surface area contributed by atoms with Crippen molar-refractivity contribution in [2.45, 2.75) is 27.7 Å². The summed E-state index contributed by atoms with van der Waals surface area (Å²) in [6.45, 7) is 9.59. The minimum absolute atomic E-state index is 0.984. The first kappa shape index (κ1) is 11.9. The number of anilines is 1. The molecule has 1 aromatic rings. The largest absolute Gasteiger partial charge is 0.496 e. The van der Waals surface area contributed by atoms with Crippen LogP contribution in [0.5, 0.6) is 5.75 Å². The van der Waals surface area contributed by atoms with Gasteiger partial charge in [0.15, 0.2) is 0 Å². The quantitative estimate of drug-likeness (QED) is 0.755. The van der Waals surface area contributed by atoms with Crippen molar-refractivity contribution in [3.8, 4) is 5.75 Å². The fourth-order valence-electron chi connectivity index (χ4n) is 1.99. The van der Waals surface area contributed by atoms with Crippen LogP contribution in [0.4, 0.5) is 5.69 Å². The predicted molar refractivity (Wildman–Crippen MR) is 66.1 cm³/mol. The topological polar surface area (TPSA) is 12.5 Å². The van der Waals surface area contributed by atoms with Gasteiger partial charge in [-0.3, -0.25) is 0 Å². The van der Waals surface area contributed by atoms with Crippen molar-refractivity contribution in [3.05, 3.63) is 22.8 Å². The van der Waals surface area contributed by atoms with Crippen molar-refractivity contribution >= 4 is 5.69 Å². The van der Waals surface area contributed by atoms with Gasteiger partial charge < -0.3 is 9.64 Å². The zero-order chi connectivity index (χ0) is 11.6. The molecule has 2 nitrogen and oxygen atoms in total. The molecule has 0 aliphatic rings. The number of methoxy groups -OCH3 is 1. The van der Waals surface area contributed by atoms with Crippen molar-refractivity contribution in [2.75, 3.05) is 25.6 Å². The number of ether oxygens (including phenoxy) is 1. The standard InChI is InChI=1S/C13H21NO/c1-7-14(5)13-9(2)8-12(15-6)10(3)11(13)4/h8H,7H2,1-6H3. The summed E-state index contributed by atoms with van der Waals surface area (Å²) in [5.74, 6) is 0.984. The molecule has 0 spiro atoms. The highest BCUT2D eigenvalue weighted by molar-refractivity contribution is 5.64. The highest BCUT2D eigenvalue weighted by Gasteiger charge is 2.12. The number of hydrogen-bond donors (Lipinski definition) is 0. The van der Waals surface area contributed by atoms with Crippen LogP contribution in [0.1, 0.15) is 23.6 Å². The molecular weight excluding hydrogens is 186 g/mol. The molecule has 0 N–H and O–H groups in total. The Morgan fingerprint density at radius 2 is 1.80 bits per heavy atom. The summed E-state index contributed by atoms with van der Waals surface area (Å²) < 4.78 is 5.36. The Balaban J connectivity index is 3.35. The highest BCUT2D eigenvalue weighted by atomic mass is 16.5. The fourth-order valence-corrected chi connectivity index (χ4v) is 1.99. The number of aryl methyl sites for hydroxylation is 1. The average Bonchev–Trinajstić information content (AvgIpc) is 2.23. The molecule has 1 rings (SSSR count). The van der Waals surface area contributed by atoms with Crippen molar-refractivity contribution in [3.63, 3.8) is 0 Å². The van der Waals surface area contributed by atoms with Gasteiger partial charge in [-0.1, -0.05) is 0 Å². The Morgan fingerprint density at radius 3 is 2.27 bits per heavy atom. The van der Waals surface area contributed by atoms with E-state index in [1.807, 2.05) is 0 Å². The maximum atomic E-state index is 5.36. The second-order valence-corrected chi connectivity index (χ2v) is 4.01. The Hall–Kier alpha value is -1.18. The van der Waals surface area contributed by atoms with Crippen LogP contribution >= 0.6 is 0 Å². The van der Waals surface area contributed by atoms with E-state index >= 15 is 0 Å². The van der Waals surface area contributed by atoms with Crippen LogP contribution in [0.2, 0.25) is 0 Å². The molecule has 0 bridgehead atoms. The number of hydrogen-bond acceptors (Lipinski definition) is 2. The summed E-state index contributed by atoms with van der Waals surface area (Å²) in [6, 6.07) is 2.11. The molecule has 0 heterocycles. The van der Waals surface area contributed by atoms with Gasteiger partial charge in [0.25, 0.3) is 0 Å². The molecule has 2 heteroatoms. The molecule has 1 aromatic carbocycles. The van der Waals surface area contributed by atoms with Crippen LogP contribution < -0.4 is 9.64 Å². The lowest BCUT2D eigenvalue weighted by molar-refractivity contribution is 0.411. The van der Waals surface area contributed by atoms with Gasteiger partial charge in [-0.2, -0.15) is 0 Å². The maximum absolute atomic E-state index is 5.36. The summed E-state index contributed by atoms with van der Waals surface area (Å²) in [5, 5.41) is 0. The molecule has 0 atom stereocenters. The average molecular weight is 207 g/mol. The van der Waals surface area contributed by atoms with Crippen molar-refractivity contribution in [1.29, 1.82) is 0 Å². The lowest BCUT2D eigenvalue weighted by Gasteiger charge is -2.24. The van der Waals surface area contributed by atoms with E-state index in [-0.39, 0.29) is 0 Å². The van der Waals surface area contributed by atoms with Crippen molar-refractivity contribution < 1.29 is 4.74 Å². The predicted octanol–water partition coefficient (Wildman–Crippen LogP) is 3.08. The van der Waals surface area contributed by atoms with Crippen LogP contribution in [0.15, 0.2) is 6.07 Å². The molecule has 0 fully saturated rings. The van der Waals surface area contributed by atoms with Crippen LogP contribution in [0, 0.1) is 20.8 Å². The van der Waals surface area contributed by atoms with E-state index < -0.39 is 0 Å². The minimum atomic E-state index is 0.984. The Bertz CT molecular complexity index is 358. The van der Waals surface area contributed by atoms with Gasteiger partial charge >= 0.3 is 0 Å². The molecule has 0 saturated heterocycles. The number of nitrogens with zero attached hydrogens (tertiary/aromatic N) is 1. The van der Waals surface area contributed by atoms with Crippen LogP contribution in [0.25, 0.3) is 0 Å². The molecular formula is C13H21NO. The van der Waals surface area contributed by atoms with Gasteiger partial charge in [-0.25, -0.2) is 0 Å². The monoisotopic (exact) mass is 207 g/mol. The summed E-state index contributed by atoms with van der Waals surface area (Å²) in [4.78, 5) is 2.27. The van der Waals surface area contributed by atoms with E-state index in [0.717, 1.165) is 12.3 Å². The zero-order valence-electron chi connectivity index (χ0n) is 10.6. The summed E-state index contributed by atoms with van der Waals surface area (Å²) >= 11 is 0. The summed E-state index contributed by atoms with van der Waals surface area (Å²) in [7, 11) is 3.85. The summed E-state index contributed by atoms with van der Waals surface area (Å²) in [5.41, 5.74) is 5.16. The van der Waals surface area contributed by atoms with Gasteiger partial charge in [-0.05, 0) is 50.5 Å². The third-order valence-corrected chi connectivity index (χ3v) is 3.08. The molecule has 84 valence electrons. The Labute approximate surface area is 92.9 Å². The van der Waals surface area contributed by atoms with Crippen molar-refractivity contribution in [1.82, 2.24) is 0 Å². The third kappa shape index (κ3) is 2.09. The second-order valence-electron chi connectivity index (χ2n) is 4.01. The summed E-state index contributed by atoms with van der Waals surface area (Å²) in [6.07, 6.45) is 0. The SMILES string of the molecule is CCN(C)c1c(C)cc(OC)c(C)c1C. The first-order chi connectivity index (χ1) is 7.02. The van der Waals surface area contributed by atoms with Gasteiger partial charge in [0, 0.05) is 19.3 Å². The maximum Gasteiger partial charge on any atom is 0.122 e. The van der Waals surface area contributed by atoms with Crippen LogP contribution in [-0.4, -0.2) is 20.7 Å². The van der Waals surface area contributed by atoms with E-state index in [1.165, 1.54) is 22.4 Å².